The predicted octanol–water partition coefficient (Wildman–Crippen LogP) is 5.87. The van der Waals surface area contributed by atoms with E-state index in [1.54, 1.807) is 0 Å². The number of hydrogen-bond donors (Lipinski definition) is 1. The summed E-state index contributed by atoms with van der Waals surface area (Å²) in [6.07, 6.45) is 1.12. The molecule has 1 unspecified atom stereocenters. The average molecular weight is 373 g/mol. The van der Waals surface area contributed by atoms with Gasteiger partial charge in [-0.25, -0.2) is 0 Å². The third-order valence-corrected chi connectivity index (χ3v) is 5.51. The van der Waals surface area contributed by atoms with Crippen LogP contribution in [0.5, 0.6) is 0 Å². The second kappa shape index (κ2) is 7.08. The molecular formula is C16H19BrClNS. The number of rotatable bonds is 5. The van der Waals surface area contributed by atoms with Crippen molar-refractivity contribution in [3.63, 3.8) is 0 Å². The summed E-state index contributed by atoms with van der Waals surface area (Å²) in [5.74, 6) is 0. The molecule has 0 aliphatic rings. The minimum absolute atomic E-state index is 0.222. The Hall–Kier alpha value is -0.350. The molecule has 0 bridgehead atoms. The zero-order valence-corrected chi connectivity index (χ0v) is 15.1. The van der Waals surface area contributed by atoms with Crippen LogP contribution in [-0.2, 0) is 0 Å². The molecule has 0 fully saturated rings. The quantitative estimate of drug-likeness (QED) is 0.692. The maximum Gasteiger partial charge on any atom is 0.0685 e. The molecule has 0 amide bonds. The Morgan fingerprint density at radius 2 is 2.05 bits per heavy atom. The molecule has 2 rings (SSSR count). The summed E-state index contributed by atoms with van der Waals surface area (Å²) in [6.45, 7) is 7.45. The highest BCUT2D eigenvalue weighted by Gasteiger charge is 2.20. The average Bonchev–Trinajstić information content (AvgIpc) is 2.71. The number of benzene rings is 1. The summed E-state index contributed by atoms with van der Waals surface area (Å²) in [5.41, 5.74) is 2.52. The lowest BCUT2D eigenvalue weighted by molar-refractivity contribution is 0.602. The molecule has 0 radical (unpaired) electrons. The van der Waals surface area contributed by atoms with Gasteiger partial charge in [0.05, 0.1) is 6.04 Å². The molecule has 20 heavy (non-hydrogen) atoms. The van der Waals surface area contributed by atoms with Crippen molar-refractivity contribution >= 4 is 38.9 Å². The van der Waals surface area contributed by atoms with Crippen LogP contribution in [0.15, 0.2) is 28.7 Å². The summed E-state index contributed by atoms with van der Waals surface area (Å²) in [5, 5.41) is 4.45. The van der Waals surface area contributed by atoms with E-state index in [1.807, 2.05) is 23.5 Å². The Kier molecular flexibility index (Phi) is 5.67. The SMILES string of the molecule is CCCNC(c1ccc(Cl)cc1C)c1sc(C)cc1Br. The van der Waals surface area contributed by atoms with Gasteiger partial charge in [-0.05, 0) is 72.1 Å². The zero-order chi connectivity index (χ0) is 14.7. The number of halogens is 2. The molecule has 1 nitrogen and oxygen atoms in total. The molecule has 0 spiro atoms. The van der Waals surface area contributed by atoms with E-state index < -0.39 is 0 Å². The van der Waals surface area contributed by atoms with Crippen LogP contribution in [0.3, 0.4) is 0 Å². The summed E-state index contributed by atoms with van der Waals surface area (Å²) >= 11 is 11.6. The molecule has 4 heteroatoms. The van der Waals surface area contributed by atoms with Gasteiger partial charge in [-0.2, -0.15) is 0 Å². The third-order valence-electron chi connectivity index (χ3n) is 3.24. The lowest BCUT2D eigenvalue weighted by Gasteiger charge is -2.20. The lowest BCUT2D eigenvalue weighted by Crippen LogP contribution is -2.23. The van der Waals surface area contributed by atoms with Gasteiger partial charge < -0.3 is 5.32 Å². The molecule has 0 saturated heterocycles. The molecule has 1 N–H and O–H groups in total. The highest BCUT2D eigenvalue weighted by molar-refractivity contribution is 9.10. The fourth-order valence-electron chi connectivity index (χ4n) is 2.29. The van der Waals surface area contributed by atoms with E-state index in [9.17, 15) is 0 Å². The van der Waals surface area contributed by atoms with Crippen molar-refractivity contribution in [3.8, 4) is 0 Å². The van der Waals surface area contributed by atoms with E-state index in [2.05, 4.69) is 54.2 Å². The van der Waals surface area contributed by atoms with E-state index >= 15 is 0 Å². The molecule has 108 valence electrons. The first-order valence-electron chi connectivity index (χ1n) is 6.78. The Bertz CT molecular complexity index is 594. The van der Waals surface area contributed by atoms with E-state index in [-0.39, 0.29) is 6.04 Å². The van der Waals surface area contributed by atoms with Crippen LogP contribution in [0.4, 0.5) is 0 Å². The first kappa shape index (κ1) is 16.0. The first-order valence-corrected chi connectivity index (χ1v) is 8.77. The van der Waals surface area contributed by atoms with Crippen LogP contribution in [0, 0.1) is 13.8 Å². The van der Waals surface area contributed by atoms with Crippen molar-refractivity contribution in [1.29, 1.82) is 0 Å². The fourth-order valence-corrected chi connectivity index (χ4v) is 4.50. The second-order valence-corrected chi connectivity index (χ2v) is 7.54. The minimum Gasteiger partial charge on any atom is -0.306 e. The van der Waals surface area contributed by atoms with Gasteiger partial charge in [-0.1, -0.05) is 24.6 Å². The number of hydrogen-bond acceptors (Lipinski definition) is 2. The van der Waals surface area contributed by atoms with Crippen molar-refractivity contribution in [3.05, 3.63) is 54.6 Å². The maximum atomic E-state index is 6.08. The minimum atomic E-state index is 0.222. The van der Waals surface area contributed by atoms with Crippen LogP contribution in [0.25, 0.3) is 0 Å². The highest BCUT2D eigenvalue weighted by atomic mass is 79.9. The van der Waals surface area contributed by atoms with Crippen molar-refractivity contribution in [2.24, 2.45) is 0 Å². The van der Waals surface area contributed by atoms with Gasteiger partial charge in [0.25, 0.3) is 0 Å². The zero-order valence-electron chi connectivity index (χ0n) is 12.0. The van der Waals surface area contributed by atoms with Crippen molar-refractivity contribution < 1.29 is 0 Å². The normalized spacial score (nSPS) is 12.7. The Labute approximate surface area is 138 Å². The molecule has 1 aromatic heterocycles. The van der Waals surface area contributed by atoms with Gasteiger partial charge in [0, 0.05) is 19.2 Å². The molecule has 2 aromatic rings. The van der Waals surface area contributed by atoms with Crippen molar-refractivity contribution in [2.45, 2.75) is 33.2 Å². The number of thiophene rings is 1. The van der Waals surface area contributed by atoms with Crippen LogP contribution in [0.1, 0.15) is 40.3 Å². The molecule has 0 saturated carbocycles. The Morgan fingerprint density at radius 3 is 2.60 bits per heavy atom. The van der Waals surface area contributed by atoms with Crippen LogP contribution < -0.4 is 5.32 Å². The lowest BCUT2D eigenvalue weighted by atomic mass is 10.00. The third kappa shape index (κ3) is 3.64. The molecule has 1 atom stereocenters. The van der Waals surface area contributed by atoms with Crippen LogP contribution in [0.2, 0.25) is 5.02 Å². The molecular weight excluding hydrogens is 354 g/mol. The molecule has 1 aromatic carbocycles. The van der Waals surface area contributed by atoms with Gasteiger partial charge in [0.15, 0.2) is 0 Å². The van der Waals surface area contributed by atoms with Crippen molar-refractivity contribution in [1.82, 2.24) is 5.32 Å². The Balaban J connectivity index is 2.44. The monoisotopic (exact) mass is 371 g/mol. The van der Waals surface area contributed by atoms with Crippen LogP contribution >= 0.6 is 38.9 Å². The van der Waals surface area contributed by atoms with Crippen LogP contribution in [-0.4, -0.2) is 6.54 Å². The van der Waals surface area contributed by atoms with Gasteiger partial charge in [-0.15, -0.1) is 11.3 Å². The van der Waals surface area contributed by atoms with E-state index in [1.165, 1.54) is 25.4 Å². The standard InChI is InChI=1S/C16H19BrClNS/c1-4-7-19-15(16-14(17)9-11(3)20-16)13-6-5-12(18)8-10(13)2/h5-6,8-9,15,19H,4,7H2,1-3H3. The fraction of sp³-hybridized carbons (Fsp3) is 0.375. The summed E-state index contributed by atoms with van der Waals surface area (Å²) in [4.78, 5) is 2.66. The summed E-state index contributed by atoms with van der Waals surface area (Å²) < 4.78 is 1.18. The topological polar surface area (TPSA) is 12.0 Å². The highest BCUT2D eigenvalue weighted by Crippen LogP contribution is 2.37. The first-order chi connectivity index (χ1) is 9.52. The van der Waals surface area contributed by atoms with E-state index in [0.717, 1.165) is 18.0 Å². The Morgan fingerprint density at radius 1 is 1.30 bits per heavy atom. The summed E-state index contributed by atoms with van der Waals surface area (Å²) in [7, 11) is 0. The maximum absolute atomic E-state index is 6.08. The van der Waals surface area contributed by atoms with Crippen molar-refractivity contribution in [2.75, 3.05) is 6.54 Å². The molecule has 1 heterocycles. The van der Waals surface area contributed by atoms with E-state index in [0.29, 0.717) is 0 Å². The van der Waals surface area contributed by atoms with Gasteiger partial charge in [-0.3, -0.25) is 0 Å². The molecule has 0 aliphatic carbocycles. The van der Waals surface area contributed by atoms with Gasteiger partial charge in [0.1, 0.15) is 0 Å². The van der Waals surface area contributed by atoms with Gasteiger partial charge in [0.2, 0.25) is 0 Å². The van der Waals surface area contributed by atoms with Gasteiger partial charge >= 0.3 is 0 Å². The smallest absolute Gasteiger partial charge is 0.0685 e. The predicted molar refractivity (Wildman–Crippen MR) is 93.1 cm³/mol. The second-order valence-electron chi connectivity index (χ2n) is 4.96. The summed E-state index contributed by atoms with van der Waals surface area (Å²) in [6, 6.07) is 8.55. The number of nitrogens with one attached hydrogen (secondary N) is 1. The number of aryl methyl sites for hydroxylation is 2. The molecule has 0 aliphatic heterocycles. The van der Waals surface area contributed by atoms with E-state index in [4.69, 9.17) is 11.6 Å². The largest absolute Gasteiger partial charge is 0.306 e.